The van der Waals surface area contributed by atoms with Gasteiger partial charge in [-0.15, -0.1) is 0 Å². The Morgan fingerprint density at radius 2 is 1.37 bits per heavy atom. The molecule has 0 spiro atoms. The van der Waals surface area contributed by atoms with Gasteiger partial charge in [0, 0.05) is 0 Å². The molecule has 7 nitrogen and oxygen atoms in total. The number of hydrogen-bond acceptors (Lipinski definition) is 5. The molecule has 0 amide bonds. The summed E-state index contributed by atoms with van der Waals surface area (Å²) in [6, 6.07) is 0. The summed E-state index contributed by atoms with van der Waals surface area (Å²) in [4.78, 5) is 39.6. The van der Waals surface area contributed by atoms with Crippen LogP contribution in [-0.4, -0.2) is 20.0 Å². The summed E-state index contributed by atoms with van der Waals surface area (Å²) in [5.41, 5.74) is 0. The van der Waals surface area contributed by atoms with E-state index in [4.69, 9.17) is 9.79 Å². The van der Waals surface area contributed by atoms with Gasteiger partial charge in [-0.3, -0.25) is 0 Å². The maximum atomic E-state index is 11.0. The Bertz CT molecular complexity index is 338. The molecule has 11 heteroatoms. The van der Waals surface area contributed by atoms with Crippen molar-refractivity contribution in [2.75, 3.05) is 0 Å². The molecule has 0 radical (unpaired) electrons. The molecule has 0 aromatic heterocycles. The summed E-state index contributed by atoms with van der Waals surface area (Å²) in [5, 5.41) is 6.13. The van der Waals surface area contributed by atoms with Crippen LogP contribution in [0.4, 0.5) is 0 Å². The molecule has 1 aliphatic rings. The normalized spacial score (nSPS) is 25.9. The summed E-state index contributed by atoms with van der Waals surface area (Å²) >= 11 is 0. The fourth-order valence-corrected chi connectivity index (χ4v) is 4.42. The molecule has 1 aliphatic carbocycles. The molecular weight excluding hydrogens is 316 g/mol. The van der Waals surface area contributed by atoms with Crippen LogP contribution < -0.4 is 68.9 Å². The Morgan fingerprint density at radius 1 is 1.00 bits per heavy atom. The van der Waals surface area contributed by atoms with Crippen LogP contribution in [0.1, 0.15) is 38.5 Å². The number of hydrogen-bond donors (Lipinski definition) is 3. The second kappa shape index (κ2) is 8.78. The van der Waals surface area contributed by atoms with E-state index in [1.807, 2.05) is 0 Å². The second-order valence-electron chi connectivity index (χ2n) is 4.52. The molecule has 1 saturated carbocycles. The van der Waals surface area contributed by atoms with Gasteiger partial charge in [0.15, 0.2) is 20.3 Å². The van der Waals surface area contributed by atoms with Gasteiger partial charge in [0.25, 0.3) is 0 Å². The standard InChI is InChI=1S/C8H18O7P2.2Na/c9-8(16(10,11)12,17(13,14)15)6-7-4-2-1-3-5-7;;/h7,9H,1-6H2,(H2,10,11,12)(H2,13,14,15);;/q;2*+1/p-2. The van der Waals surface area contributed by atoms with Crippen LogP contribution in [-0.2, 0) is 9.13 Å². The minimum atomic E-state index is -5.60. The van der Waals surface area contributed by atoms with E-state index >= 15 is 0 Å². The van der Waals surface area contributed by atoms with Gasteiger partial charge >= 0.3 is 59.1 Å². The van der Waals surface area contributed by atoms with Crippen LogP contribution in [0.3, 0.4) is 0 Å². The zero-order valence-electron chi connectivity index (χ0n) is 11.2. The van der Waals surface area contributed by atoms with Gasteiger partial charge in [0.05, 0.1) is 0 Å². The molecule has 0 bridgehead atoms. The largest absolute Gasteiger partial charge is 1.00 e. The van der Waals surface area contributed by atoms with Crippen molar-refractivity contribution >= 4 is 15.2 Å². The minimum Gasteiger partial charge on any atom is -0.776 e. The van der Waals surface area contributed by atoms with Crippen molar-refractivity contribution in [3.63, 3.8) is 0 Å². The van der Waals surface area contributed by atoms with E-state index in [1.165, 1.54) is 0 Å². The summed E-state index contributed by atoms with van der Waals surface area (Å²) in [5.74, 6) is -0.336. The van der Waals surface area contributed by atoms with Crippen molar-refractivity contribution in [3.05, 3.63) is 0 Å². The van der Waals surface area contributed by atoms with Gasteiger partial charge in [0.1, 0.15) is 0 Å². The molecule has 3 N–H and O–H groups in total. The minimum absolute atomic E-state index is 0. The first-order valence-electron chi connectivity index (χ1n) is 5.38. The Kier molecular flexibility index (Phi) is 10.9. The average molecular weight is 332 g/mol. The molecule has 1 rings (SSSR count). The maximum absolute atomic E-state index is 11.0. The number of aliphatic hydroxyl groups is 1. The Morgan fingerprint density at radius 3 is 1.68 bits per heavy atom. The van der Waals surface area contributed by atoms with E-state index in [9.17, 15) is 24.0 Å². The molecular formula is C8H16Na2O7P2. The van der Waals surface area contributed by atoms with Gasteiger partial charge in [-0.05, 0) is 12.3 Å². The first kappa shape index (κ1) is 23.5. The van der Waals surface area contributed by atoms with Crippen LogP contribution in [0.15, 0.2) is 0 Å². The Labute approximate surface area is 156 Å². The Hall–Kier alpha value is 2.26. The van der Waals surface area contributed by atoms with Crippen molar-refractivity contribution < 1.29 is 92.9 Å². The molecule has 0 aromatic rings. The van der Waals surface area contributed by atoms with E-state index in [-0.39, 0.29) is 65.0 Å². The third-order valence-electron chi connectivity index (χ3n) is 3.19. The van der Waals surface area contributed by atoms with E-state index in [0.29, 0.717) is 12.8 Å². The van der Waals surface area contributed by atoms with Crippen molar-refractivity contribution in [3.8, 4) is 0 Å². The van der Waals surface area contributed by atoms with Crippen molar-refractivity contribution in [2.45, 2.75) is 43.6 Å². The van der Waals surface area contributed by atoms with Crippen molar-refractivity contribution in [1.82, 2.24) is 0 Å². The zero-order valence-corrected chi connectivity index (χ0v) is 17.0. The van der Waals surface area contributed by atoms with Crippen LogP contribution in [0.2, 0.25) is 0 Å². The molecule has 0 heterocycles. The van der Waals surface area contributed by atoms with Crippen molar-refractivity contribution in [1.29, 1.82) is 0 Å². The quantitative estimate of drug-likeness (QED) is 0.343. The zero-order chi connectivity index (χ0) is 13.3. The summed E-state index contributed by atoms with van der Waals surface area (Å²) in [6.45, 7) is 0. The predicted octanol–water partition coefficient (Wildman–Crippen LogP) is -6.30. The van der Waals surface area contributed by atoms with Crippen LogP contribution >= 0.6 is 15.2 Å². The average Bonchev–Trinajstić information content (AvgIpc) is 2.15. The number of rotatable bonds is 4. The van der Waals surface area contributed by atoms with Crippen LogP contribution in [0.5, 0.6) is 0 Å². The van der Waals surface area contributed by atoms with E-state index in [2.05, 4.69) is 0 Å². The first-order valence-corrected chi connectivity index (χ1v) is 8.53. The molecule has 0 saturated heterocycles. The summed E-state index contributed by atoms with van der Waals surface area (Å²) in [6.07, 6.45) is 3.05. The van der Waals surface area contributed by atoms with Crippen LogP contribution in [0, 0.1) is 5.92 Å². The third-order valence-corrected chi connectivity index (χ3v) is 6.88. The molecule has 1 fully saturated rings. The Balaban J connectivity index is 0. The monoisotopic (exact) mass is 332 g/mol. The molecule has 2 atom stereocenters. The van der Waals surface area contributed by atoms with Gasteiger partial charge < -0.3 is 33.8 Å². The van der Waals surface area contributed by atoms with Gasteiger partial charge in [-0.2, -0.15) is 0 Å². The van der Waals surface area contributed by atoms with E-state index in [1.54, 1.807) is 0 Å². The first-order chi connectivity index (χ1) is 7.58. The molecule has 19 heavy (non-hydrogen) atoms. The molecule has 0 aliphatic heterocycles. The van der Waals surface area contributed by atoms with Gasteiger partial charge in [-0.25, -0.2) is 0 Å². The third kappa shape index (κ3) is 6.11. The SMILES string of the molecule is O=P([O-])(O)C(O)(CC1CCCCC1)P(=O)([O-])O.[Na+].[Na+]. The molecule has 102 valence electrons. The smallest absolute Gasteiger partial charge is 0.776 e. The maximum Gasteiger partial charge on any atom is 1.00 e. The van der Waals surface area contributed by atoms with Gasteiger partial charge in [-0.1, -0.05) is 32.1 Å². The van der Waals surface area contributed by atoms with Crippen molar-refractivity contribution in [2.24, 2.45) is 5.92 Å². The fourth-order valence-electron chi connectivity index (χ4n) is 2.17. The second-order valence-corrected chi connectivity index (χ2v) is 8.44. The van der Waals surface area contributed by atoms with E-state index < -0.39 is 26.7 Å². The molecule has 0 aromatic carbocycles. The van der Waals surface area contributed by atoms with E-state index in [0.717, 1.165) is 19.3 Å². The van der Waals surface area contributed by atoms with Gasteiger partial charge in [0.2, 0.25) is 0 Å². The van der Waals surface area contributed by atoms with Crippen LogP contribution in [0.25, 0.3) is 0 Å². The summed E-state index contributed by atoms with van der Waals surface area (Å²) < 4.78 is 21.9. The fraction of sp³-hybridized carbons (Fsp3) is 1.00. The topological polar surface area (TPSA) is 141 Å². The summed E-state index contributed by atoms with van der Waals surface area (Å²) in [7, 11) is -11.2. The molecule has 2 unspecified atom stereocenters. The predicted molar refractivity (Wildman–Crippen MR) is 55.8 cm³/mol.